The lowest BCUT2D eigenvalue weighted by Crippen LogP contribution is -2.05. The van der Waals surface area contributed by atoms with E-state index in [4.69, 9.17) is 63.0 Å². The fourth-order valence-corrected chi connectivity index (χ4v) is 6.43. The molecule has 0 aliphatic carbocycles. The third-order valence-electron chi connectivity index (χ3n) is 10.4. The number of nitrogens with two attached hydrogens (primary N) is 4. The molecule has 0 bridgehead atoms. The van der Waals surface area contributed by atoms with E-state index in [0.29, 0.717) is 62.7 Å². The second kappa shape index (κ2) is 34.3. The van der Waals surface area contributed by atoms with Gasteiger partial charge in [-0.2, -0.15) is 0 Å². The molecule has 8 rings (SSSR count). The third-order valence-corrected chi connectivity index (χ3v) is 10.7. The van der Waals surface area contributed by atoms with Crippen molar-refractivity contribution >= 4 is 59.7 Å². The number of nitrogen functional groups attached to an aromatic ring is 4. The molecule has 0 radical (unpaired) electrons. The summed E-state index contributed by atoms with van der Waals surface area (Å²) in [7, 11) is 8.81. The van der Waals surface area contributed by atoms with Crippen molar-refractivity contribution in [1.29, 1.82) is 0 Å². The van der Waals surface area contributed by atoms with Crippen LogP contribution in [0.15, 0.2) is 131 Å². The van der Waals surface area contributed by atoms with E-state index in [2.05, 4.69) is 79.8 Å². The Labute approximate surface area is 483 Å². The molecule has 0 saturated heterocycles. The van der Waals surface area contributed by atoms with Gasteiger partial charge in [0.1, 0.15) is 132 Å². The molecule has 84 heavy (non-hydrogen) atoms. The highest BCUT2D eigenvalue weighted by molar-refractivity contribution is 6.30. The standard InChI is InChI=1S/C15H18N4O4.C13H13ClN4O2.C13H12F2N4O2.C13H13FN4O2/c1-20-12-5-4-10(6-13(12)21-2)8-23-15-11(7-19-22-3)14(16)17-9-18-15;1-19-18-6-11-12(15)16-8-17-13(11)20-7-9-2-4-10(14)5-3-9;1-20-19-5-9-12(16)17-7-18-13(9)21-6-8-2-3-10(14)11(15)4-8;1-19-18-6-11-12(15)16-8-17-13(11)20-7-9-2-4-10(14)5-3-9/h4-7,9H,8H2,1-3H3,(H2,16,17,18);2-6,8H,7H2,1H3,(H2,15,16,17);2-5,7H,6H2,1H3,(H2,16,17,18);2-6,8H,7H2,1H3,(H2,15,16,17)/b19-7+;18-6+;19-5+;18-6+. The first-order valence-corrected chi connectivity index (χ1v) is 24.4. The Hall–Kier alpha value is -10.8. The summed E-state index contributed by atoms with van der Waals surface area (Å²) >= 11 is 5.82. The van der Waals surface area contributed by atoms with Crippen molar-refractivity contribution in [3.05, 3.63) is 177 Å². The lowest BCUT2D eigenvalue weighted by Gasteiger charge is -2.11. The highest BCUT2D eigenvalue weighted by atomic mass is 35.5. The van der Waals surface area contributed by atoms with Gasteiger partial charge in [-0.3, -0.25) is 0 Å². The molecule has 8 N–H and O–H groups in total. The van der Waals surface area contributed by atoms with Crippen molar-refractivity contribution in [2.75, 3.05) is 65.6 Å². The number of halogens is 4. The first-order valence-electron chi connectivity index (χ1n) is 24.0. The summed E-state index contributed by atoms with van der Waals surface area (Å²) in [5, 5.41) is 15.2. The SMILES string of the molecule is CO/N=C/c1c(N)ncnc1OCc1ccc(Cl)cc1.CO/N=C/c1c(N)ncnc1OCc1ccc(F)c(F)c1.CO/N=C/c1c(N)ncnc1OCc1ccc(F)cc1.CO/N=C/c1c(N)ncnc1OCc1ccc(OC)c(OC)c1. The number of methoxy groups -OCH3 is 2. The summed E-state index contributed by atoms with van der Waals surface area (Å²) in [5.74, 6) is 1.12. The molecule has 0 atom stereocenters. The predicted octanol–water partition coefficient (Wildman–Crippen LogP) is 7.56. The third kappa shape index (κ3) is 20.4. The largest absolute Gasteiger partial charge is 0.493 e. The van der Waals surface area contributed by atoms with Crippen molar-refractivity contribution in [1.82, 2.24) is 39.9 Å². The van der Waals surface area contributed by atoms with Crippen molar-refractivity contribution in [3.63, 3.8) is 0 Å². The Balaban J connectivity index is 0.000000205. The second-order valence-electron chi connectivity index (χ2n) is 15.9. The molecule has 4 aromatic carbocycles. The van der Waals surface area contributed by atoms with Crippen molar-refractivity contribution in [2.24, 2.45) is 20.6 Å². The lowest BCUT2D eigenvalue weighted by molar-refractivity contribution is 0.215. The van der Waals surface area contributed by atoms with E-state index in [-0.39, 0.29) is 60.7 Å². The fraction of sp³-hybridized carbons (Fsp3) is 0.185. The minimum Gasteiger partial charge on any atom is -0.493 e. The van der Waals surface area contributed by atoms with E-state index in [9.17, 15) is 13.2 Å². The number of nitrogens with zero attached hydrogens (tertiary/aromatic N) is 12. The van der Waals surface area contributed by atoms with E-state index < -0.39 is 11.6 Å². The normalized spacial score (nSPS) is 10.7. The molecule has 30 heteroatoms. The molecular weight excluding hydrogens is 1130 g/mol. The number of ether oxygens (including phenoxy) is 6. The van der Waals surface area contributed by atoms with Gasteiger partial charge >= 0.3 is 0 Å². The van der Waals surface area contributed by atoms with Crippen LogP contribution in [0.25, 0.3) is 0 Å². The average Bonchev–Trinajstić information content (AvgIpc) is 3.53. The first-order chi connectivity index (χ1) is 40.7. The van der Waals surface area contributed by atoms with E-state index >= 15 is 0 Å². The van der Waals surface area contributed by atoms with Crippen LogP contribution >= 0.6 is 11.6 Å². The summed E-state index contributed by atoms with van der Waals surface area (Å²) in [6.07, 6.45) is 10.6. The van der Waals surface area contributed by atoms with Gasteiger partial charge in [0.2, 0.25) is 23.5 Å². The van der Waals surface area contributed by atoms with Gasteiger partial charge in [-0.15, -0.1) is 0 Å². The van der Waals surface area contributed by atoms with Crippen LogP contribution in [-0.2, 0) is 45.8 Å². The highest BCUT2D eigenvalue weighted by Gasteiger charge is 2.14. The zero-order valence-corrected chi connectivity index (χ0v) is 46.6. The summed E-state index contributed by atoms with van der Waals surface area (Å²) in [6.45, 7) is 0.818. The Kier molecular flexibility index (Phi) is 26.2. The fourth-order valence-electron chi connectivity index (χ4n) is 6.30. The van der Waals surface area contributed by atoms with Gasteiger partial charge in [-0.25, -0.2) is 53.0 Å². The van der Waals surface area contributed by atoms with Crippen LogP contribution in [-0.4, -0.2) is 107 Å². The van der Waals surface area contributed by atoms with Crippen molar-refractivity contribution in [2.45, 2.75) is 26.4 Å². The zero-order valence-electron chi connectivity index (χ0n) is 45.8. The maximum Gasteiger partial charge on any atom is 0.228 e. The molecule has 4 aromatic heterocycles. The van der Waals surface area contributed by atoms with Gasteiger partial charge in [-0.1, -0.05) is 68.6 Å². The van der Waals surface area contributed by atoms with Crippen LogP contribution < -0.4 is 51.4 Å². The summed E-state index contributed by atoms with van der Waals surface area (Å²) in [4.78, 5) is 49.9. The molecule has 8 aromatic rings. The molecule has 0 saturated carbocycles. The Morgan fingerprint density at radius 2 is 0.714 bits per heavy atom. The van der Waals surface area contributed by atoms with Gasteiger partial charge in [0, 0.05) is 5.02 Å². The zero-order chi connectivity index (χ0) is 60.6. The Morgan fingerprint density at radius 1 is 0.393 bits per heavy atom. The quantitative estimate of drug-likeness (QED) is 0.0375. The van der Waals surface area contributed by atoms with Gasteiger partial charge < -0.3 is 70.7 Å². The molecule has 0 aliphatic rings. The highest BCUT2D eigenvalue weighted by Crippen LogP contribution is 2.29. The number of anilines is 4. The smallest absolute Gasteiger partial charge is 0.228 e. The summed E-state index contributed by atoms with van der Waals surface area (Å²) in [5.41, 5.74) is 27.8. The van der Waals surface area contributed by atoms with E-state index in [0.717, 1.165) is 28.8 Å². The number of hydrogen-bond donors (Lipinski definition) is 4. The first kappa shape index (κ1) is 64.0. The van der Waals surface area contributed by atoms with Crippen LogP contribution in [0.5, 0.6) is 35.0 Å². The lowest BCUT2D eigenvalue weighted by atomic mass is 10.2. The van der Waals surface area contributed by atoms with Crippen LogP contribution in [0.3, 0.4) is 0 Å². The van der Waals surface area contributed by atoms with E-state index in [1.807, 2.05) is 24.3 Å². The maximum atomic E-state index is 13.1. The topological polar surface area (TPSA) is 349 Å². The van der Waals surface area contributed by atoms with Crippen LogP contribution in [0, 0.1) is 17.5 Å². The molecule has 0 unspecified atom stereocenters. The Morgan fingerprint density at radius 3 is 1.06 bits per heavy atom. The van der Waals surface area contributed by atoms with Crippen molar-refractivity contribution < 1.29 is 60.9 Å². The van der Waals surface area contributed by atoms with Crippen LogP contribution in [0.4, 0.5) is 36.4 Å². The number of rotatable bonds is 22. The Bertz CT molecular complexity index is 3360. The minimum atomic E-state index is -0.945. The summed E-state index contributed by atoms with van der Waals surface area (Å²) < 4.78 is 71.5. The molecule has 0 amide bonds. The van der Waals surface area contributed by atoms with Crippen LogP contribution in [0.2, 0.25) is 5.02 Å². The molecule has 0 aliphatic heterocycles. The predicted molar refractivity (Wildman–Crippen MR) is 305 cm³/mol. The van der Waals surface area contributed by atoms with Gasteiger partial charge in [-0.05, 0) is 70.8 Å². The summed E-state index contributed by atoms with van der Waals surface area (Å²) in [6, 6.07) is 22.3. The van der Waals surface area contributed by atoms with E-state index in [1.165, 1.54) is 96.8 Å². The monoisotopic (exact) mass is 1180 g/mol. The number of oxime groups is 4. The van der Waals surface area contributed by atoms with E-state index in [1.54, 1.807) is 44.6 Å². The molecule has 0 fully saturated rings. The number of benzene rings is 4. The second-order valence-corrected chi connectivity index (χ2v) is 16.4. The minimum absolute atomic E-state index is 0.0124. The molecule has 4 heterocycles. The number of aromatic nitrogens is 8. The number of hydrogen-bond acceptors (Lipinski definition) is 26. The van der Waals surface area contributed by atoms with Gasteiger partial charge in [0.05, 0.1) is 39.1 Å². The van der Waals surface area contributed by atoms with Crippen LogP contribution in [0.1, 0.15) is 44.5 Å². The molecular formula is C54H56ClF3N16O10. The van der Waals surface area contributed by atoms with Crippen molar-refractivity contribution in [3.8, 4) is 35.0 Å². The molecule has 440 valence electrons. The van der Waals surface area contributed by atoms with Gasteiger partial charge in [0.15, 0.2) is 23.1 Å². The molecule has 0 spiro atoms. The maximum absolute atomic E-state index is 13.1. The van der Waals surface area contributed by atoms with Gasteiger partial charge in [0.25, 0.3) is 0 Å². The average molecular weight is 1180 g/mol. The molecule has 26 nitrogen and oxygen atoms in total.